The smallest absolute Gasteiger partial charge is 0.225 e. The van der Waals surface area contributed by atoms with Gasteiger partial charge in [0.1, 0.15) is 5.82 Å². The molecule has 130 valence electrons. The van der Waals surface area contributed by atoms with Crippen LogP contribution in [0, 0.1) is 11.8 Å². The molecule has 2 aromatic rings. The molecule has 1 aromatic heterocycles. The molecule has 1 saturated heterocycles. The molecule has 2 heterocycles. The lowest BCUT2D eigenvalue weighted by Crippen LogP contribution is -2.44. The normalized spacial score (nSPS) is 21.6. The fourth-order valence-corrected chi connectivity index (χ4v) is 3.69. The number of anilines is 1. The highest BCUT2D eigenvalue weighted by molar-refractivity contribution is 5.80. The van der Waals surface area contributed by atoms with E-state index in [-0.39, 0.29) is 17.9 Å². The Bertz CT molecular complexity index is 702. The summed E-state index contributed by atoms with van der Waals surface area (Å²) in [6.45, 7) is 1.66. The van der Waals surface area contributed by atoms with Gasteiger partial charge in [0.05, 0.1) is 18.2 Å². The molecule has 4 rings (SSSR count). The van der Waals surface area contributed by atoms with Gasteiger partial charge in [-0.1, -0.05) is 30.3 Å². The van der Waals surface area contributed by atoms with Crippen molar-refractivity contribution in [2.75, 3.05) is 18.0 Å². The predicted octanol–water partition coefficient (Wildman–Crippen LogP) is 2.96. The monoisotopic (exact) mass is 336 g/mol. The summed E-state index contributed by atoms with van der Waals surface area (Å²) in [6, 6.07) is 10.5. The largest absolute Gasteiger partial charge is 0.355 e. The maximum atomic E-state index is 12.9. The fraction of sp³-hybridized carbons (Fsp3) is 0.450. The Morgan fingerprint density at radius 2 is 2.00 bits per heavy atom. The van der Waals surface area contributed by atoms with Crippen LogP contribution in [0.5, 0.6) is 0 Å². The molecule has 25 heavy (non-hydrogen) atoms. The highest BCUT2D eigenvalue weighted by Gasteiger charge is 2.35. The van der Waals surface area contributed by atoms with Crippen molar-refractivity contribution >= 4 is 11.7 Å². The first kappa shape index (κ1) is 16.1. The van der Waals surface area contributed by atoms with E-state index in [9.17, 15) is 4.79 Å². The highest BCUT2D eigenvalue weighted by Crippen LogP contribution is 2.41. The van der Waals surface area contributed by atoms with Crippen LogP contribution in [0.3, 0.4) is 0 Å². The highest BCUT2D eigenvalue weighted by atomic mass is 16.2. The first-order chi connectivity index (χ1) is 12.3. The Kier molecular flexibility index (Phi) is 4.63. The van der Waals surface area contributed by atoms with Gasteiger partial charge in [-0.3, -0.25) is 9.78 Å². The second-order valence-corrected chi connectivity index (χ2v) is 7.08. The SMILES string of the molecule is O=C(N[C@@H](c1ccccc1)C1CC1)[C@@H]1CCCN(c2cnccn2)C1. The molecule has 0 spiro atoms. The fourth-order valence-electron chi connectivity index (χ4n) is 3.69. The molecule has 1 N–H and O–H groups in total. The third kappa shape index (κ3) is 3.81. The van der Waals surface area contributed by atoms with Gasteiger partial charge in [-0.05, 0) is 37.2 Å². The maximum Gasteiger partial charge on any atom is 0.225 e. The van der Waals surface area contributed by atoms with Gasteiger partial charge >= 0.3 is 0 Å². The minimum Gasteiger partial charge on any atom is -0.355 e. The molecular formula is C20H24N4O. The van der Waals surface area contributed by atoms with Crippen molar-refractivity contribution in [3.05, 3.63) is 54.5 Å². The average molecular weight is 336 g/mol. The van der Waals surface area contributed by atoms with Crippen LogP contribution < -0.4 is 10.2 Å². The topological polar surface area (TPSA) is 58.1 Å². The summed E-state index contributed by atoms with van der Waals surface area (Å²) in [6.07, 6.45) is 9.52. The van der Waals surface area contributed by atoms with Crippen LogP contribution in [0.2, 0.25) is 0 Å². The molecule has 0 bridgehead atoms. The number of amides is 1. The minimum atomic E-state index is 0.0146. The van der Waals surface area contributed by atoms with Crippen LogP contribution in [0.1, 0.15) is 37.3 Å². The summed E-state index contributed by atoms with van der Waals surface area (Å²) in [5, 5.41) is 3.34. The molecule has 0 radical (unpaired) electrons. The van der Waals surface area contributed by atoms with Gasteiger partial charge in [0.25, 0.3) is 0 Å². The Labute approximate surface area is 148 Å². The lowest BCUT2D eigenvalue weighted by molar-refractivity contribution is -0.126. The van der Waals surface area contributed by atoms with Gasteiger partial charge in [-0.15, -0.1) is 0 Å². The molecule has 1 aliphatic heterocycles. The minimum absolute atomic E-state index is 0.0146. The van der Waals surface area contributed by atoms with Crippen LogP contribution >= 0.6 is 0 Å². The number of carbonyl (C=O) groups is 1. The number of piperidine rings is 1. The molecule has 1 aromatic carbocycles. The summed E-state index contributed by atoms with van der Waals surface area (Å²) >= 11 is 0. The molecule has 1 amide bonds. The van der Waals surface area contributed by atoms with E-state index >= 15 is 0 Å². The van der Waals surface area contributed by atoms with Crippen molar-refractivity contribution < 1.29 is 4.79 Å². The molecule has 5 heteroatoms. The van der Waals surface area contributed by atoms with Crippen LogP contribution in [-0.4, -0.2) is 29.0 Å². The van der Waals surface area contributed by atoms with Gasteiger partial charge in [-0.25, -0.2) is 4.98 Å². The number of hydrogen-bond donors (Lipinski definition) is 1. The van der Waals surface area contributed by atoms with E-state index in [4.69, 9.17) is 0 Å². The van der Waals surface area contributed by atoms with E-state index in [1.54, 1.807) is 18.6 Å². The van der Waals surface area contributed by atoms with Crippen molar-refractivity contribution in [3.8, 4) is 0 Å². The number of aromatic nitrogens is 2. The lowest BCUT2D eigenvalue weighted by Gasteiger charge is -2.33. The Balaban J connectivity index is 1.43. The third-order valence-electron chi connectivity index (χ3n) is 5.22. The van der Waals surface area contributed by atoms with E-state index in [2.05, 4.69) is 32.3 Å². The van der Waals surface area contributed by atoms with Crippen LogP contribution in [-0.2, 0) is 4.79 Å². The zero-order chi connectivity index (χ0) is 17.1. The molecule has 1 saturated carbocycles. The molecule has 2 fully saturated rings. The molecule has 0 unspecified atom stereocenters. The molecule has 1 aliphatic carbocycles. The zero-order valence-electron chi connectivity index (χ0n) is 14.3. The number of benzene rings is 1. The molecule has 5 nitrogen and oxygen atoms in total. The van der Waals surface area contributed by atoms with E-state index < -0.39 is 0 Å². The Morgan fingerprint density at radius 1 is 1.16 bits per heavy atom. The van der Waals surface area contributed by atoms with Gasteiger partial charge in [0, 0.05) is 25.5 Å². The zero-order valence-corrected chi connectivity index (χ0v) is 14.3. The van der Waals surface area contributed by atoms with Crippen molar-refractivity contribution in [3.63, 3.8) is 0 Å². The van der Waals surface area contributed by atoms with Crippen molar-refractivity contribution in [1.29, 1.82) is 0 Å². The number of carbonyl (C=O) groups excluding carboxylic acids is 1. The standard InChI is InChI=1S/C20H24N4O/c25-20(23-19(16-8-9-16)15-5-2-1-3-6-15)17-7-4-12-24(14-17)18-13-21-10-11-22-18/h1-3,5-6,10-11,13,16-17,19H,4,7-9,12,14H2,(H,23,25)/t17-,19+/m1/s1. The summed E-state index contributed by atoms with van der Waals surface area (Å²) in [5.74, 6) is 1.64. The second-order valence-electron chi connectivity index (χ2n) is 7.08. The van der Waals surface area contributed by atoms with Crippen molar-refractivity contribution in [1.82, 2.24) is 15.3 Å². The first-order valence-electron chi connectivity index (χ1n) is 9.17. The van der Waals surface area contributed by atoms with E-state index in [0.717, 1.165) is 31.7 Å². The Morgan fingerprint density at radius 3 is 2.72 bits per heavy atom. The number of rotatable bonds is 5. The average Bonchev–Trinajstić information content (AvgIpc) is 3.52. The maximum absolute atomic E-state index is 12.9. The van der Waals surface area contributed by atoms with Crippen molar-refractivity contribution in [2.24, 2.45) is 11.8 Å². The summed E-state index contributed by atoms with van der Waals surface area (Å²) in [4.78, 5) is 23.6. The van der Waals surface area contributed by atoms with Crippen LogP contribution in [0.4, 0.5) is 5.82 Å². The number of nitrogens with zero attached hydrogens (tertiary/aromatic N) is 3. The molecular weight excluding hydrogens is 312 g/mol. The van der Waals surface area contributed by atoms with Gasteiger partial charge in [0.2, 0.25) is 5.91 Å². The summed E-state index contributed by atoms with van der Waals surface area (Å²) in [5.41, 5.74) is 1.22. The first-order valence-corrected chi connectivity index (χ1v) is 9.17. The van der Waals surface area contributed by atoms with E-state index in [0.29, 0.717) is 5.92 Å². The van der Waals surface area contributed by atoms with Gasteiger partial charge in [0.15, 0.2) is 0 Å². The van der Waals surface area contributed by atoms with E-state index in [1.807, 2.05) is 18.2 Å². The van der Waals surface area contributed by atoms with Crippen LogP contribution in [0.15, 0.2) is 48.9 Å². The summed E-state index contributed by atoms with van der Waals surface area (Å²) < 4.78 is 0. The van der Waals surface area contributed by atoms with Gasteiger partial charge < -0.3 is 10.2 Å². The van der Waals surface area contributed by atoms with Crippen molar-refractivity contribution in [2.45, 2.75) is 31.7 Å². The van der Waals surface area contributed by atoms with Crippen LogP contribution in [0.25, 0.3) is 0 Å². The quantitative estimate of drug-likeness (QED) is 0.912. The summed E-state index contributed by atoms with van der Waals surface area (Å²) in [7, 11) is 0. The van der Waals surface area contributed by atoms with E-state index in [1.165, 1.54) is 18.4 Å². The Hall–Kier alpha value is -2.43. The number of hydrogen-bond acceptors (Lipinski definition) is 4. The molecule has 2 atom stereocenters. The predicted molar refractivity (Wildman–Crippen MR) is 97.0 cm³/mol. The lowest BCUT2D eigenvalue weighted by atomic mass is 9.95. The second kappa shape index (κ2) is 7.21. The number of nitrogens with one attached hydrogen (secondary N) is 1. The third-order valence-corrected chi connectivity index (χ3v) is 5.22. The molecule has 2 aliphatic rings. The van der Waals surface area contributed by atoms with Gasteiger partial charge in [-0.2, -0.15) is 0 Å².